The molecule has 2 atom stereocenters. The molecule has 0 aliphatic carbocycles. The molecule has 0 fully saturated rings. The highest BCUT2D eigenvalue weighted by atomic mass is 19.1. The van der Waals surface area contributed by atoms with E-state index in [1.165, 1.54) is 17.3 Å². The maximum atomic E-state index is 14.8. The van der Waals surface area contributed by atoms with E-state index in [4.69, 9.17) is 5.26 Å². The maximum absolute atomic E-state index is 14.8. The average Bonchev–Trinajstić information content (AvgIpc) is 3.37. The van der Waals surface area contributed by atoms with Gasteiger partial charge in [-0.2, -0.15) is 10.4 Å². The van der Waals surface area contributed by atoms with Crippen LogP contribution in [0.4, 0.5) is 8.78 Å². The summed E-state index contributed by atoms with van der Waals surface area (Å²) >= 11 is 0. The molecule has 1 N–H and O–H groups in total. The molecule has 0 amide bonds. The summed E-state index contributed by atoms with van der Waals surface area (Å²) in [6, 6.07) is 11.8. The zero-order valence-electron chi connectivity index (χ0n) is 16.0. The van der Waals surface area contributed by atoms with Crippen molar-refractivity contribution in [2.45, 2.75) is 24.6 Å². The fourth-order valence-corrected chi connectivity index (χ4v) is 4.01. The molecule has 0 radical (unpaired) electrons. The van der Waals surface area contributed by atoms with E-state index < -0.39 is 23.2 Å². The Hall–Kier alpha value is -3.97. The second-order valence-electron chi connectivity index (χ2n) is 7.39. The van der Waals surface area contributed by atoms with Crippen molar-refractivity contribution in [3.8, 4) is 17.3 Å². The van der Waals surface area contributed by atoms with Crippen molar-refractivity contribution in [1.82, 2.24) is 29.8 Å². The number of hydrogen-bond acceptors (Lipinski definition) is 6. The minimum absolute atomic E-state index is 0.143. The number of nitriles is 1. The Labute approximate surface area is 175 Å². The Kier molecular flexibility index (Phi) is 4.34. The molecule has 2 aromatic heterocycles. The van der Waals surface area contributed by atoms with Gasteiger partial charge in [-0.15, -0.1) is 5.10 Å². The monoisotopic (exact) mass is 419 g/mol. The lowest BCUT2D eigenvalue weighted by Crippen LogP contribution is -2.46. The number of benzene rings is 2. The zero-order valence-corrected chi connectivity index (χ0v) is 16.0. The Bertz CT molecular complexity index is 1290. The third-order valence-corrected chi connectivity index (χ3v) is 5.59. The van der Waals surface area contributed by atoms with Crippen molar-refractivity contribution >= 4 is 0 Å². The zero-order chi connectivity index (χ0) is 21.6. The number of aliphatic hydroxyl groups is 1. The molecule has 31 heavy (non-hydrogen) atoms. The number of aromatic nitrogens is 6. The molecule has 8 nitrogen and oxygen atoms in total. The van der Waals surface area contributed by atoms with Gasteiger partial charge in [-0.25, -0.2) is 23.1 Å². The van der Waals surface area contributed by atoms with Gasteiger partial charge >= 0.3 is 0 Å². The summed E-state index contributed by atoms with van der Waals surface area (Å²) in [6.45, 7) is 0.121. The van der Waals surface area contributed by atoms with Crippen LogP contribution >= 0.6 is 0 Å². The molecule has 0 spiro atoms. The Morgan fingerprint density at radius 2 is 2.00 bits per heavy atom. The number of hydrogen-bond donors (Lipinski definition) is 1. The van der Waals surface area contributed by atoms with Gasteiger partial charge in [0.15, 0.2) is 0 Å². The van der Waals surface area contributed by atoms with Gasteiger partial charge < -0.3 is 5.11 Å². The van der Waals surface area contributed by atoms with Gasteiger partial charge in [0, 0.05) is 11.1 Å². The van der Waals surface area contributed by atoms with E-state index in [1.807, 2.05) is 0 Å². The number of nitrogens with zero attached hydrogens (tertiary/aromatic N) is 7. The highest BCUT2D eigenvalue weighted by Gasteiger charge is 2.50. The standard InChI is InChI=1S/C21H15F2N7O/c22-15-5-6-18(23)16(7-15)21(31,10-29-12-25-11-26-29)17-9-30-20(17)19(27-28-30)14-3-1-13(8-24)2-4-14/h1-7,11-12,17,31H,9-10H2/t17-,21+/m1/s1. The molecule has 5 rings (SSSR count). The van der Waals surface area contributed by atoms with Crippen LogP contribution in [0.5, 0.6) is 0 Å². The van der Waals surface area contributed by atoms with Gasteiger partial charge in [-0.1, -0.05) is 17.3 Å². The van der Waals surface area contributed by atoms with Crippen LogP contribution in [0, 0.1) is 23.0 Å². The number of halogens is 2. The fraction of sp³-hybridized carbons (Fsp3) is 0.190. The molecule has 0 bridgehead atoms. The van der Waals surface area contributed by atoms with Gasteiger partial charge in [0.2, 0.25) is 0 Å². The van der Waals surface area contributed by atoms with Crippen LogP contribution in [0.25, 0.3) is 11.3 Å². The van der Waals surface area contributed by atoms with Gasteiger partial charge in [0.25, 0.3) is 0 Å². The summed E-state index contributed by atoms with van der Waals surface area (Å²) in [5.41, 5.74) is 0.291. The van der Waals surface area contributed by atoms with Gasteiger partial charge in [0.1, 0.15) is 35.6 Å². The third kappa shape index (κ3) is 3.06. The lowest BCUT2D eigenvalue weighted by molar-refractivity contribution is -0.0391. The third-order valence-electron chi connectivity index (χ3n) is 5.59. The van der Waals surface area contributed by atoms with E-state index in [2.05, 4.69) is 26.5 Å². The first-order chi connectivity index (χ1) is 15.0. The van der Waals surface area contributed by atoms with Crippen LogP contribution in [0.3, 0.4) is 0 Å². The van der Waals surface area contributed by atoms with Crippen LogP contribution in [-0.4, -0.2) is 34.9 Å². The van der Waals surface area contributed by atoms with Crippen molar-refractivity contribution in [3.05, 3.63) is 83.6 Å². The average molecular weight is 419 g/mol. The molecule has 0 unspecified atom stereocenters. The molecule has 154 valence electrons. The molecule has 2 aromatic carbocycles. The molecule has 3 heterocycles. The SMILES string of the molecule is N#Cc1ccc(-c2nnn3c2[C@H]([C@](O)(Cn2cncn2)c2cc(F)ccc2F)C3)cc1. The lowest BCUT2D eigenvalue weighted by Gasteiger charge is -2.42. The topological polar surface area (TPSA) is 105 Å². The summed E-state index contributed by atoms with van der Waals surface area (Å²) in [7, 11) is 0. The minimum Gasteiger partial charge on any atom is -0.382 e. The predicted octanol–water partition coefficient (Wildman–Crippen LogP) is 2.37. The second-order valence-corrected chi connectivity index (χ2v) is 7.39. The summed E-state index contributed by atoms with van der Waals surface area (Å²) in [6.07, 6.45) is 2.70. The molecule has 0 saturated heterocycles. The Morgan fingerprint density at radius 3 is 2.71 bits per heavy atom. The largest absolute Gasteiger partial charge is 0.382 e. The predicted molar refractivity (Wildman–Crippen MR) is 103 cm³/mol. The molecule has 1 aliphatic rings. The highest BCUT2D eigenvalue weighted by Crippen LogP contribution is 2.48. The molecule has 10 heteroatoms. The Balaban J connectivity index is 1.62. The first kappa shape index (κ1) is 19.0. The number of rotatable bonds is 5. The first-order valence-corrected chi connectivity index (χ1v) is 9.44. The van der Waals surface area contributed by atoms with Crippen LogP contribution in [0.2, 0.25) is 0 Å². The van der Waals surface area contributed by atoms with Gasteiger partial charge in [-0.05, 0) is 30.3 Å². The highest BCUT2D eigenvalue weighted by molar-refractivity contribution is 5.64. The van der Waals surface area contributed by atoms with E-state index in [9.17, 15) is 13.9 Å². The van der Waals surface area contributed by atoms with Crippen LogP contribution in [0.15, 0.2) is 55.1 Å². The lowest BCUT2D eigenvalue weighted by atomic mass is 9.74. The summed E-state index contributed by atoms with van der Waals surface area (Å²) in [5.74, 6) is -2.02. The van der Waals surface area contributed by atoms with Crippen molar-refractivity contribution in [2.24, 2.45) is 0 Å². The second kappa shape index (κ2) is 7.07. The summed E-state index contributed by atoms with van der Waals surface area (Å²) in [4.78, 5) is 3.88. The molecule has 1 aliphatic heterocycles. The smallest absolute Gasteiger partial charge is 0.137 e. The van der Waals surface area contributed by atoms with Crippen molar-refractivity contribution in [2.75, 3.05) is 0 Å². The minimum atomic E-state index is -1.83. The van der Waals surface area contributed by atoms with E-state index in [-0.39, 0.29) is 18.7 Å². The quantitative estimate of drug-likeness (QED) is 0.533. The van der Waals surface area contributed by atoms with E-state index >= 15 is 0 Å². The molecule has 4 aromatic rings. The first-order valence-electron chi connectivity index (χ1n) is 9.44. The van der Waals surface area contributed by atoms with Crippen LogP contribution < -0.4 is 0 Å². The van der Waals surface area contributed by atoms with E-state index in [1.54, 1.807) is 28.9 Å². The van der Waals surface area contributed by atoms with Crippen molar-refractivity contribution in [1.29, 1.82) is 5.26 Å². The fourth-order valence-electron chi connectivity index (χ4n) is 4.01. The molecule has 0 saturated carbocycles. The van der Waals surface area contributed by atoms with E-state index in [0.717, 1.165) is 18.2 Å². The maximum Gasteiger partial charge on any atom is 0.137 e. The van der Waals surface area contributed by atoms with Crippen LogP contribution in [0.1, 0.15) is 22.7 Å². The Morgan fingerprint density at radius 1 is 1.19 bits per heavy atom. The van der Waals surface area contributed by atoms with E-state index in [0.29, 0.717) is 22.5 Å². The molecular formula is C21H15F2N7O. The molecular weight excluding hydrogens is 404 g/mol. The summed E-state index contributed by atoms with van der Waals surface area (Å²) in [5, 5.41) is 33.2. The number of fused-ring (bicyclic) bond motifs is 1. The van der Waals surface area contributed by atoms with Crippen molar-refractivity contribution in [3.63, 3.8) is 0 Å². The van der Waals surface area contributed by atoms with Crippen LogP contribution in [-0.2, 0) is 18.7 Å². The van der Waals surface area contributed by atoms with Gasteiger partial charge in [-0.3, -0.25) is 0 Å². The summed E-state index contributed by atoms with van der Waals surface area (Å²) < 4.78 is 31.8. The normalized spacial score (nSPS) is 16.8. The van der Waals surface area contributed by atoms with Crippen molar-refractivity contribution < 1.29 is 13.9 Å². The van der Waals surface area contributed by atoms with Gasteiger partial charge in [0.05, 0.1) is 36.3 Å².